The fraction of sp³-hybridized carbons (Fsp3) is 0.238. The number of aryl methyl sites for hydroxylation is 1. The van der Waals surface area contributed by atoms with Crippen molar-refractivity contribution in [2.75, 3.05) is 14.2 Å². The van der Waals surface area contributed by atoms with Crippen molar-refractivity contribution in [1.82, 2.24) is 15.3 Å². The predicted molar refractivity (Wildman–Crippen MR) is 112 cm³/mol. The molecule has 1 aromatic heterocycles. The number of hydrogen-bond acceptors (Lipinski definition) is 6. The Morgan fingerprint density at radius 2 is 1.90 bits per heavy atom. The minimum Gasteiger partial charge on any atom is -0.493 e. The minimum absolute atomic E-state index is 0.0732. The van der Waals surface area contributed by atoms with Crippen LogP contribution in [0.15, 0.2) is 46.2 Å². The van der Waals surface area contributed by atoms with Crippen molar-refractivity contribution in [3.63, 3.8) is 0 Å². The lowest BCUT2D eigenvalue weighted by Crippen LogP contribution is -2.18. The van der Waals surface area contributed by atoms with E-state index >= 15 is 0 Å². The summed E-state index contributed by atoms with van der Waals surface area (Å²) in [5.74, 6) is 1.27. The number of H-pyrrole nitrogens is 1. The Labute approximate surface area is 171 Å². The first kappa shape index (κ1) is 19.3. The topological polar surface area (TPSA) is 76.2 Å². The molecule has 4 rings (SSSR count). The summed E-state index contributed by atoms with van der Waals surface area (Å²) >= 11 is 1.56. The number of ether oxygens (including phenoxy) is 2. The van der Waals surface area contributed by atoms with Gasteiger partial charge in [-0.15, -0.1) is 11.8 Å². The molecule has 1 unspecified atom stereocenters. The van der Waals surface area contributed by atoms with E-state index in [1.807, 2.05) is 18.4 Å². The smallest absolute Gasteiger partial charge is 0.258 e. The number of hydrogen-bond donors (Lipinski definition) is 2. The maximum Gasteiger partial charge on any atom is 0.258 e. The molecule has 0 spiro atoms. The summed E-state index contributed by atoms with van der Waals surface area (Å²) < 4.78 is 24.3. The van der Waals surface area contributed by atoms with Crippen LogP contribution >= 0.6 is 11.8 Å². The first-order chi connectivity index (χ1) is 14.0. The van der Waals surface area contributed by atoms with Crippen LogP contribution in [0, 0.1) is 12.7 Å². The van der Waals surface area contributed by atoms with Gasteiger partial charge in [0.25, 0.3) is 5.56 Å². The van der Waals surface area contributed by atoms with Gasteiger partial charge in [0.05, 0.1) is 25.1 Å². The third kappa shape index (κ3) is 3.93. The molecule has 0 fully saturated rings. The van der Waals surface area contributed by atoms with E-state index < -0.39 is 0 Å². The molecule has 0 radical (unpaired) electrons. The molecule has 0 aliphatic carbocycles. The van der Waals surface area contributed by atoms with Gasteiger partial charge in [-0.2, -0.15) is 0 Å². The molecule has 150 valence electrons. The number of nitrogens with one attached hydrogen (secondary N) is 2. The number of rotatable bonds is 5. The van der Waals surface area contributed by atoms with Crippen molar-refractivity contribution in [3.8, 4) is 11.5 Å². The van der Waals surface area contributed by atoms with E-state index in [0.717, 1.165) is 16.8 Å². The Morgan fingerprint density at radius 3 is 2.62 bits per heavy atom. The standard InChI is InChI=1S/C21H20FN3O3S/c1-11-4-12(6-13(22)5-11)21-23-14(10-29-21)7-19-24-16-9-18(28-3)17(27-2)8-15(16)20(26)25-19/h4-6,8-10,21,23H,7H2,1-3H3,(H,24,25,26). The van der Waals surface area contributed by atoms with Crippen molar-refractivity contribution in [2.45, 2.75) is 18.7 Å². The van der Waals surface area contributed by atoms with Gasteiger partial charge in [-0.1, -0.05) is 6.07 Å². The first-order valence-electron chi connectivity index (χ1n) is 9.00. The molecule has 0 bridgehead atoms. The number of allylic oxidation sites excluding steroid dienone is 1. The fourth-order valence-corrected chi connectivity index (χ4v) is 4.30. The quantitative estimate of drug-likeness (QED) is 0.663. The number of fused-ring (bicyclic) bond motifs is 1. The maximum atomic E-state index is 13.7. The summed E-state index contributed by atoms with van der Waals surface area (Å²) in [7, 11) is 3.06. The molecule has 29 heavy (non-hydrogen) atoms. The maximum absolute atomic E-state index is 13.7. The van der Waals surface area contributed by atoms with Crippen LogP contribution in [0.5, 0.6) is 11.5 Å². The molecule has 0 saturated heterocycles. The lowest BCUT2D eigenvalue weighted by Gasteiger charge is -2.14. The monoisotopic (exact) mass is 413 g/mol. The largest absolute Gasteiger partial charge is 0.493 e. The zero-order valence-electron chi connectivity index (χ0n) is 16.2. The Morgan fingerprint density at radius 1 is 1.14 bits per heavy atom. The number of aromatic nitrogens is 2. The van der Waals surface area contributed by atoms with Gasteiger partial charge in [0.1, 0.15) is 17.0 Å². The summed E-state index contributed by atoms with van der Waals surface area (Å²) in [5, 5.41) is 5.70. The second-order valence-electron chi connectivity index (χ2n) is 6.78. The molecule has 0 saturated carbocycles. The van der Waals surface area contributed by atoms with Gasteiger partial charge in [-0.25, -0.2) is 9.37 Å². The van der Waals surface area contributed by atoms with Crippen LogP contribution in [0.3, 0.4) is 0 Å². The summed E-state index contributed by atoms with van der Waals surface area (Å²) in [6, 6.07) is 8.31. The van der Waals surface area contributed by atoms with E-state index in [0.29, 0.717) is 34.6 Å². The average Bonchev–Trinajstić information content (AvgIpc) is 3.15. The number of methoxy groups -OCH3 is 2. The summed E-state index contributed by atoms with van der Waals surface area (Å²) in [4.78, 5) is 19.9. The Hall–Kier alpha value is -3.00. The molecule has 6 nitrogen and oxygen atoms in total. The lowest BCUT2D eigenvalue weighted by atomic mass is 10.1. The summed E-state index contributed by atoms with van der Waals surface area (Å²) in [5.41, 5.74) is 2.95. The van der Waals surface area contributed by atoms with Crippen LogP contribution < -0.4 is 20.3 Å². The molecule has 1 aliphatic rings. The molecule has 1 aliphatic heterocycles. The molecule has 2 N–H and O–H groups in total. The van der Waals surface area contributed by atoms with Gasteiger partial charge in [-0.3, -0.25) is 4.79 Å². The zero-order chi connectivity index (χ0) is 20.5. The molecule has 0 amide bonds. The van der Waals surface area contributed by atoms with E-state index in [1.54, 1.807) is 23.9 Å². The molecular formula is C21H20FN3O3S. The minimum atomic E-state index is -0.249. The summed E-state index contributed by atoms with van der Waals surface area (Å²) in [6.45, 7) is 1.87. The van der Waals surface area contributed by atoms with Crippen molar-refractivity contribution in [3.05, 3.63) is 74.6 Å². The number of halogens is 1. The second kappa shape index (κ2) is 7.79. The highest BCUT2D eigenvalue weighted by Gasteiger charge is 2.20. The van der Waals surface area contributed by atoms with Crippen molar-refractivity contribution in [2.24, 2.45) is 0 Å². The number of benzene rings is 2. The third-order valence-corrected chi connectivity index (χ3v) is 5.73. The van der Waals surface area contributed by atoms with Gasteiger partial charge in [-0.05, 0) is 41.7 Å². The highest BCUT2D eigenvalue weighted by Crippen LogP contribution is 2.35. The Bertz CT molecular complexity index is 1160. The van der Waals surface area contributed by atoms with Gasteiger partial charge >= 0.3 is 0 Å². The van der Waals surface area contributed by atoms with Crippen LogP contribution in [0.1, 0.15) is 22.3 Å². The normalized spacial score (nSPS) is 15.9. The van der Waals surface area contributed by atoms with E-state index in [9.17, 15) is 9.18 Å². The highest BCUT2D eigenvalue weighted by atomic mass is 32.2. The third-order valence-electron chi connectivity index (χ3n) is 4.65. The van der Waals surface area contributed by atoms with E-state index in [1.165, 1.54) is 26.4 Å². The van der Waals surface area contributed by atoms with Crippen LogP contribution in [0.2, 0.25) is 0 Å². The highest BCUT2D eigenvalue weighted by molar-refractivity contribution is 8.02. The average molecular weight is 413 g/mol. The van der Waals surface area contributed by atoms with Crippen molar-refractivity contribution in [1.29, 1.82) is 0 Å². The van der Waals surface area contributed by atoms with Gasteiger partial charge in [0.2, 0.25) is 0 Å². The zero-order valence-corrected chi connectivity index (χ0v) is 17.0. The lowest BCUT2D eigenvalue weighted by molar-refractivity contribution is 0.355. The molecular weight excluding hydrogens is 393 g/mol. The van der Waals surface area contributed by atoms with Crippen LogP contribution in [-0.2, 0) is 6.42 Å². The molecule has 3 aromatic rings. The molecule has 2 aromatic carbocycles. The molecule has 1 atom stereocenters. The number of thioether (sulfide) groups is 1. The molecule has 8 heteroatoms. The number of aromatic amines is 1. The Kier molecular flexibility index (Phi) is 5.19. The Balaban J connectivity index is 1.57. The van der Waals surface area contributed by atoms with Gasteiger partial charge in [0.15, 0.2) is 11.5 Å². The SMILES string of the molecule is COc1cc2nc(CC3=CSC(c4cc(C)cc(F)c4)N3)[nH]c(=O)c2cc1OC. The fourth-order valence-electron chi connectivity index (χ4n) is 3.34. The van der Waals surface area contributed by atoms with E-state index in [-0.39, 0.29) is 16.8 Å². The van der Waals surface area contributed by atoms with Crippen molar-refractivity contribution < 1.29 is 13.9 Å². The number of nitrogens with zero attached hydrogens (tertiary/aromatic N) is 1. The van der Waals surface area contributed by atoms with E-state index in [4.69, 9.17) is 9.47 Å². The second-order valence-corrected chi connectivity index (χ2v) is 7.76. The van der Waals surface area contributed by atoms with Gasteiger partial charge in [0, 0.05) is 18.2 Å². The predicted octanol–water partition coefficient (Wildman–Crippen LogP) is 3.81. The van der Waals surface area contributed by atoms with E-state index in [2.05, 4.69) is 15.3 Å². The van der Waals surface area contributed by atoms with Crippen LogP contribution in [0.4, 0.5) is 4.39 Å². The van der Waals surface area contributed by atoms with Crippen LogP contribution in [-0.4, -0.2) is 24.2 Å². The molecule has 2 heterocycles. The summed E-state index contributed by atoms with van der Waals surface area (Å²) in [6.07, 6.45) is 0.428. The first-order valence-corrected chi connectivity index (χ1v) is 9.94. The van der Waals surface area contributed by atoms with Crippen LogP contribution in [0.25, 0.3) is 10.9 Å². The van der Waals surface area contributed by atoms with Crippen molar-refractivity contribution >= 4 is 22.7 Å². The van der Waals surface area contributed by atoms with Gasteiger partial charge < -0.3 is 19.8 Å².